The van der Waals surface area contributed by atoms with Crippen LogP contribution < -0.4 is 0 Å². The van der Waals surface area contributed by atoms with Crippen LogP contribution in [-0.4, -0.2) is 11.1 Å². The SMILES string of the molecule is Cc1ccc2c(c1)C(O)(C(C)(C)C)OC2=O. The number of hydrogen-bond acceptors (Lipinski definition) is 3. The predicted octanol–water partition coefficient (Wildman–Crippen LogP) is 2.36. The van der Waals surface area contributed by atoms with E-state index >= 15 is 0 Å². The van der Waals surface area contributed by atoms with E-state index in [2.05, 4.69) is 0 Å². The minimum Gasteiger partial charge on any atom is -0.425 e. The number of fused-ring (bicyclic) bond motifs is 1. The van der Waals surface area contributed by atoms with E-state index in [1.165, 1.54) is 0 Å². The second kappa shape index (κ2) is 3.08. The highest BCUT2D eigenvalue weighted by atomic mass is 16.7. The number of aryl methyl sites for hydroxylation is 1. The Morgan fingerprint density at radius 2 is 1.94 bits per heavy atom. The van der Waals surface area contributed by atoms with Crippen molar-refractivity contribution in [3.8, 4) is 0 Å². The molecule has 0 aromatic heterocycles. The summed E-state index contributed by atoms with van der Waals surface area (Å²) >= 11 is 0. The molecule has 1 aromatic rings. The van der Waals surface area contributed by atoms with E-state index in [0.29, 0.717) is 11.1 Å². The molecule has 0 aliphatic carbocycles. The molecule has 0 saturated heterocycles. The Labute approximate surface area is 95.0 Å². The first kappa shape index (κ1) is 11.1. The molecule has 3 nitrogen and oxygen atoms in total. The molecule has 1 aliphatic heterocycles. The fraction of sp³-hybridized carbons (Fsp3) is 0.462. The van der Waals surface area contributed by atoms with Gasteiger partial charge in [-0.3, -0.25) is 0 Å². The summed E-state index contributed by atoms with van der Waals surface area (Å²) in [6, 6.07) is 5.36. The van der Waals surface area contributed by atoms with Gasteiger partial charge in [-0.1, -0.05) is 32.4 Å². The van der Waals surface area contributed by atoms with E-state index in [1.54, 1.807) is 6.07 Å². The number of cyclic esters (lactones) is 1. The van der Waals surface area contributed by atoms with Gasteiger partial charge in [0.2, 0.25) is 5.79 Å². The summed E-state index contributed by atoms with van der Waals surface area (Å²) in [6.07, 6.45) is 0. The van der Waals surface area contributed by atoms with Crippen LogP contribution >= 0.6 is 0 Å². The Morgan fingerprint density at radius 3 is 2.50 bits per heavy atom. The topological polar surface area (TPSA) is 46.5 Å². The number of esters is 1. The molecule has 1 aliphatic rings. The summed E-state index contributed by atoms with van der Waals surface area (Å²) in [5.41, 5.74) is 1.48. The Kier molecular flexibility index (Phi) is 2.14. The molecule has 1 heterocycles. The Balaban J connectivity index is 2.66. The van der Waals surface area contributed by atoms with Crippen LogP contribution in [0, 0.1) is 12.3 Å². The summed E-state index contributed by atoms with van der Waals surface area (Å²) in [6.45, 7) is 7.46. The Bertz CT molecular complexity index is 457. The molecule has 3 heteroatoms. The van der Waals surface area contributed by atoms with Gasteiger partial charge in [-0.05, 0) is 19.1 Å². The summed E-state index contributed by atoms with van der Waals surface area (Å²) in [5.74, 6) is -1.97. The van der Waals surface area contributed by atoms with Crippen LogP contribution in [-0.2, 0) is 10.5 Å². The van der Waals surface area contributed by atoms with Crippen LogP contribution in [0.1, 0.15) is 42.3 Å². The lowest BCUT2D eigenvalue weighted by molar-refractivity contribution is -0.228. The van der Waals surface area contributed by atoms with Crippen LogP contribution in [0.2, 0.25) is 0 Å². The molecule has 1 aromatic carbocycles. The fourth-order valence-electron chi connectivity index (χ4n) is 1.92. The summed E-state index contributed by atoms with van der Waals surface area (Å²) < 4.78 is 5.16. The van der Waals surface area contributed by atoms with Gasteiger partial charge in [0.25, 0.3) is 0 Å². The first-order valence-corrected chi connectivity index (χ1v) is 5.32. The van der Waals surface area contributed by atoms with Gasteiger partial charge in [0.15, 0.2) is 0 Å². The number of rotatable bonds is 0. The molecular weight excluding hydrogens is 204 g/mol. The summed E-state index contributed by atoms with van der Waals surface area (Å²) in [5, 5.41) is 10.5. The molecule has 0 spiro atoms. The number of hydrogen-bond donors (Lipinski definition) is 1. The smallest absolute Gasteiger partial charge is 0.341 e. The van der Waals surface area contributed by atoms with Crippen molar-refractivity contribution in [2.75, 3.05) is 0 Å². The first-order valence-electron chi connectivity index (χ1n) is 5.32. The van der Waals surface area contributed by atoms with Gasteiger partial charge < -0.3 is 9.84 Å². The van der Waals surface area contributed by atoms with E-state index in [-0.39, 0.29) is 0 Å². The van der Waals surface area contributed by atoms with Gasteiger partial charge in [-0.15, -0.1) is 0 Å². The zero-order valence-electron chi connectivity index (χ0n) is 10.00. The highest BCUT2D eigenvalue weighted by Gasteiger charge is 2.52. The third-order valence-corrected chi connectivity index (χ3v) is 3.02. The van der Waals surface area contributed by atoms with Crippen molar-refractivity contribution in [1.29, 1.82) is 0 Å². The van der Waals surface area contributed by atoms with Crippen molar-refractivity contribution in [3.05, 3.63) is 34.9 Å². The third-order valence-electron chi connectivity index (χ3n) is 3.02. The third kappa shape index (κ3) is 1.35. The molecule has 0 fully saturated rings. The molecule has 16 heavy (non-hydrogen) atoms. The lowest BCUT2D eigenvalue weighted by Gasteiger charge is -2.35. The average molecular weight is 220 g/mol. The van der Waals surface area contributed by atoms with E-state index in [0.717, 1.165) is 5.56 Å². The molecule has 2 rings (SSSR count). The van der Waals surface area contributed by atoms with Crippen LogP contribution in [0.15, 0.2) is 18.2 Å². The van der Waals surface area contributed by atoms with Gasteiger partial charge in [-0.25, -0.2) is 4.79 Å². The molecule has 0 saturated carbocycles. The monoisotopic (exact) mass is 220 g/mol. The van der Waals surface area contributed by atoms with Gasteiger partial charge >= 0.3 is 5.97 Å². The average Bonchev–Trinajstić information content (AvgIpc) is 2.39. The molecule has 86 valence electrons. The molecule has 0 radical (unpaired) electrons. The lowest BCUT2D eigenvalue weighted by atomic mass is 9.80. The molecule has 0 amide bonds. The molecular formula is C13H16O3. The van der Waals surface area contributed by atoms with Gasteiger partial charge in [-0.2, -0.15) is 0 Å². The van der Waals surface area contributed by atoms with E-state index in [4.69, 9.17) is 4.74 Å². The first-order chi connectivity index (χ1) is 7.25. The summed E-state index contributed by atoms with van der Waals surface area (Å²) in [7, 11) is 0. The van der Waals surface area contributed by atoms with Crippen LogP contribution in [0.4, 0.5) is 0 Å². The Morgan fingerprint density at radius 1 is 1.31 bits per heavy atom. The van der Waals surface area contributed by atoms with Crippen molar-refractivity contribution in [3.63, 3.8) is 0 Å². The Hall–Kier alpha value is -1.35. The van der Waals surface area contributed by atoms with Crippen molar-refractivity contribution < 1.29 is 14.6 Å². The van der Waals surface area contributed by atoms with Gasteiger partial charge in [0.05, 0.1) is 5.56 Å². The van der Waals surface area contributed by atoms with Crippen LogP contribution in [0.5, 0.6) is 0 Å². The highest BCUT2D eigenvalue weighted by Crippen LogP contribution is 2.46. The number of carbonyl (C=O) groups is 1. The highest BCUT2D eigenvalue weighted by molar-refractivity contribution is 5.94. The number of benzene rings is 1. The van der Waals surface area contributed by atoms with Crippen molar-refractivity contribution in [2.45, 2.75) is 33.5 Å². The minimum atomic E-state index is -1.52. The number of ether oxygens (including phenoxy) is 1. The maximum absolute atomic E-state index is 11.7. The van der Waals surface area contributed by atoms with Gasteiger partial charge in [0.1, 0.15) is 0 Å². The van der Waals surface area contributed by atoms with E-state index < -0.39 is 17.2 Å². The lowest BCUT2D eigenvalue weighted by Crippen LogP contribution is -2.40. The number of aliphatic hydroxyl groups is 1. The van der Waals surface area contributed by atoms with Gasteiger partial charge in [0, 0.05) is 11.0 Å². The quantitative estimate of drug-likeness (QED) is 0.683. The summed E-state index contributed by atoms with van der Waals surface area (Å²) in [4.78, 5) is 11.7. The van der Waals surface area contributed by atoms with Crippen molar-refractivity contribution >= 4 is 5.97 Å². The standard InChI is InChI=1S/C13H16O3/c1-8-5-6-9-10(7-8)13(15,12(2,3)4)16-11(9)14/h5-7,15H,1-4H3. The van der Waals surface area contributed by atoms with Crippen LogP contribution in [0.3, 0.4) is 0 Å². The maximum Gasteiger partial charge on any atom is 0.341 e. The van der Waals surface area contributed by atoms with Crippen LogP contribution in [0.25, 0.3) is 0 Å². The maximum atomic E-state index is 11.7. The largest absolute Gasteiger partial charge is 0.425 e. The molecule has 1 unspecified atom stereocenters. The molecule has 0 bridgehead atoms. The number of carbonyl (C=O) groups excluding carboxylic acids is 1. The van der Waals surface area contributed by atoms with Crippen molar-refractivity contribution in [2.24, 2.45) is 5.41 Å². The molecule has 1 N–H and O–H groups in total. The molecule has 1 atom stereocenters. The van der Waals surface area contributed by atoms with Crippen molar-refractivity contribution in [1.82, 2.24) is 0 Å². The second-order valence-corrected chi connectivity index (χ2v) is 5.33. The zero-order chi connectivity index (χ0) is 12.1. The van der Waals surface area contributed by atoms with E-state index in [1.807, 2.05) is 39.8 Å². The fourth-order valence-corrected chi connectivity index (χ4v) is 1.92. The zero-order valence-corrected chi connectivity index (χ0v) is 10.00. The second-order valence-electron chi connectivity index (χ2n) is 5.33. The predicted molar refractivity (Wildman–Crippen MR) is 59.9 cm³/mol. The normalized spacial score (nSPS) is 24.2. The van der Waals surface area contributed by atoms with E-state index in [9.17, 15) is 9.90 Å². The minimum absolute atomic E-state index is 0.451.